The highest BCUT2D eigenvalue weighted by Crippen LogP contribution is 2.29. The third-order valence-electron chi connectivity index (χ3n) is 7.54. The molecule has 5 rings (SSSR count). The second-order valence-electron chi connectivity index (χ2n) is 10.6. The summed E-state index contributed by atoms with van der Waals surface area (Å²) in [4.78, 5) is 18.9. The summed E-state index contributed by atoms with van der Waals surface area (Å²) in [7, 11) is 4.33. The minimum Gasteiger partial charge on any atom is -0.439 e. The Morgan fingerprint density at radius 2 is 1.45 bits per heavy atom. The molecule has 0 aromatic heterocycles. The summed E-state index contributed by atoms with van der Waals surface area (Å²) in [6, 6.07) is 33.2. The van der Waals surface area contributed by atoms with Crippen LogP contribution in [0.2, 0.25) is 5.02 Å². The van der Waals surface area contributed by atoms with Crippen LogP contribution in [0.3, 0.4) is 0 Å². The lowest BCUT2D eigenvalue weighted by atomic mass is 10.0. The summed E-state index contributed by atoms with van der Waals surface area (Å²) in [5.41, 5.74) is 8.26. The van der Waals surface area contributed by atoms with Gasteiger partial charge in [-0.05, 0) is 65.6 Å². The standard InChI is InChI=1S/C34H36ClN3O2/c1-25-6-4-5-7-32(25)37(3)21-20-36(2)22-26-8-12-28(13-9-26)29-14-10-27(11-15-29)23-38-24-33(40-34(38)39)30-16-18-31(35)19-17-30/h4-19,33H,20-24H2,1-3H3/t33-/m0/s1. The van der Waals surface area contributed by atoms with E-state index in [1.807, 2.05) is 24.3 Å². The molecule has 4 aromatic carbocycles. The topological polar surface area (TPSA) is 36.0 Å². The van der Waals surface area contributed by atoms with Crippen LogP contribution in [0.1, 0.15) is 28.4 Å². The van der Waals surface area contributed by atoms with E-state index in [1.165, 1.54) is 22.4 Å². The lowest BCUT2D eigenvalue weighted by Crippen LogP contribution is -2.30. The van der Waals surface area contributed by atoms with E-state index in [0.717, 1.165) is 36.3 Å². The van der Waals surface area contributed by atoms with Gasteiger partial charge in [0.25, 0.3) is 0 Å². The maximum atomic E-state index is 12.5. The van der Waals surface area contributed by atoms with Crippen molar-refractivity contribution in [3.8, 4) is 11.1 Å². The largest absolute Gasteiger partial charge is 0.439 e. The van der Waals surface area contributed by atoms with Gasteiger partial charge < -0.3 is 14.5 Å². The van der Waals surface area contributed by atoms with Crippen molar-refractivity contribution in [2.45, 2.75) is 26.1 Å². The molecule has 0 saturated carbocycles. The van der Waals surface area contributed by atoms with Crippen molar-refractivity contribution in [2.75, 3.05) is 38.6 Å². The van der Waals surface area contributed by atoms with Gasteiger partial charge in [-0.25, -0.2) is 4.79 Å². The van der Waals surface area contributed by atoms with Crippen molar-refractivity contribution >= 4 is 23.4 Å². The quantitative estimate of drug-likeness (QED) is 0.203. The molecule has 0 aliphatic carbocycles. The fraction of sp³-hybridized carbons (Fsp3) is 0.265. The average molecular weight is 554 g/mol. The number of rotatable bonds is 10. The molecule has 1 aliphatic heterocycles. The number of carbonyl (C=O) groups excluding carboxylic acids is 1. The number of likely N-dealkylation sites (N-methyl/N-ethyl adjacent to an activating group) is 2. The molecule has 1 aliphatic rings. The number of carbonyl (C=O) groups is 1. The predicted molar refractivity (Wildman–Crippen MR) is 164 cm³/mol. The molecule has 1 atom stereocenters. The van der Waals surface area contributed by atoms with Gasteiger partial charge >= 0.3 is 6.09 Å². The van der Waals surface area contributed by atoms with Crippen LogP contribution in [-0.2, 0) is 17.8 Å². The molecule has 40 heavy (non-hydrogen) atoms. The normalized spacial score (nSPS) is 15.0. The monoisotopic (exact) mass is 553 g/mol. The van der Waals surface area contributed by atoms with Crippen LogP contribution in [-0.4, -0.2) is 49.6 Å². The van der Waals surface area contributed by atoms with Crippen molar-refractivity contribution < 1.29 is 9.53 Å². The number of amides is 1. The molecule has 1 fully saturated rings. The number of nitrogens with zero attached hydrogens (tertiary/aromatic N) is 3. The first-order chi connectivity index (χ1) is 19.4. The van der Waals surface area contributed by atoms with E-state index in [2.05, 4.69) is 104 Å². The molecule has 0 bridgehead atoms. The van der Waals surface area contributed by atoms with Crippen LogP contribution in [0.25, 0.3) is 11.1 Å². The Kier molecular flexibility index (Phi) is 8.73. The first-order valence-corrected chi connectivity index (χ1v) is 14.1. The summed E-state index contributed by atoms with van der Waals surface area (Å²) >= 11 is 5.99. The van der Waals surface area contributed by atoms with E-state index < -0.39 is 0 Å². The van der Waals surface area contributed by atoms with Crippen LogP contribution >= 0.6 is 11.6 Å². The van der Waals surface area contributed by atoms with E-state index in [9.17, 15) is 4.79 Å². The van der Waals surface area contributed by atoms with Gasteiger partial charge in [0.05, 0.1) is 6.54 Å². The minimum absolute atomic E-state index is 0.268. The van der Waals surface area contributed by atoms with Gasteiger partial charge in [0, 0.05) is 43.9 Å². The van der Waals surface area contributed by atoms with Crippen molar-refractivity contribution in [2.24, 2.45) is 0 Å². The van der Waals surface area contributed by atoms with Crippen molar-refractivity contribution in [1.82, 2.24) is 9.80 Å². The summed E-state index contributed by atoms with van der Waals surface area (Å²) in [5, 5.41) is 0.671. The lowest BCUT2D eigenvalue weighted by Gasteiger charge is -2.25. The van der Waals surface area contributed by atoms with Gasteiger partial charge in [-0.1, -0.05) is 90.5 Å². The van der Waals surface area contributed by atoms with Gasteiger partial charge in [-0.3, -0.25) is 4.90 Å². The second-order valence-corrected chi connectivity index (χ2v) is 11.1. The zero-order valence-corrected chi connectivity index (χ0v) is 24.1. The molecule has 1 amide bonds. The summed E-state index contributed by atoms with van der Waals surface area (Å²) in [5.74, 6) is 0. The van der Waals surface area contributed by atoms with Gasteiger partial charge in [0.1, 0.15) is 6.10 Å². The zero-order chi connectivity index (χ0) is 28.1. The number of ether oxygens (including phenoxy) is 1. The summed E-state index contributed by atoms with van der Waals surface area (Å²) in [6.45, 7) is 6.08. The summed E-state index contributed by atoms with van der Waals surface area (Å²) < 4.78 is 5.59. The van der Waals surface area contributed by atoms with E-state index in [0.29, 0.717) is 18.1 Å². The predicted octanol–water partition coefficient (Wildman–Crippen LogP) is 7.58. The lowest BCUT2D eigenvalue weighted by molar-refractivity contribution is 0.132. The third kappa shape index (κ3) is 6.85. The number of anilines is 1. The van der Waals surface area contributed by atoms with E-state index in [-0.39, 0.29) is 12.2 Å². The third-order valence-corrected chi connectivity index (χ3v) is 7.79. The van der Waals surface area contributed by atoms with Crippen molar-refractivity contribution in [3.05, 3.63) is 124 Å². The average Bonchev–Trinajstić information content (AvgIpc) is 3.33. The highest BCUT2D eigenvalue weighted by atomic mass is 35.5. The molecule has 6 heteroatoms. The molecule has 1 saturated heterocycles. The van der Waals surface area contributed by atoms with E-state index in [1.54, 1.807) is 4.90 Å². The van der Waals surface area contributed by atoms with Crippen LogP contribution in [0.5, 0.6) is 0 Å². The Hall–Kier alpha value is -3.80. The smallest absolute Gasteiger partial charge is 0.410 e. The highest BCUT2D eigenvalue weighted by Gasteiger charge is 2.32. The van der Waals surface area contributed by atoms with Gasteiger partial charge in [-0.15, -0.1) is 0 Å². The number of para-hydroxylation sites is 1. The number of hydrogen-bond acceptors (Lipinski definition) is 4. The molecule has 0 N–H and O–H groups in total. The Morgan fingerprint density at radius 3 is 2.10 bits per heavy atom. The maximum Gasteiger partial charge on any atom is 0.410 e. The van der Waals surface area contributed by atoms with Crippen molar-refractivity contribution in [1.29, 1.82) is 0 Å². The fourth-order valence-corrected chi connectivity index (χ4v) is 5.26. The van der Waals surface area contributed by atoms with Crippen LogP contribution in [0.15, 0.2) is 97.1 Å². The molecule has 5 nitrogen and oxygen atoms in total. The van der Waals surface area contributed by atoms with Gasteiger partial charge in [0.2, 0.25) is 0 Å². The minimum atomic E-state index is -0.286. The molecule has 1 heterocycles. The molecule has 4 aromatic rings. The number of aryl methyl sites for hydroxylation is 1. The zero-order valence-electron chi connectivity index (χ0n) is 23.4. The van der Waals surface area contributed by atoms with Gasteiger partial charge in [0.15, 0.2) is 0 Å². The summed E-state index contributed by atoms with van der Waals surface area (Å²) in [6.07, 6.45) is -0.554. The molecule has 0 unspecified atom stereocenters. The Bertz CT molecular complexity index is 1420. The number of cyclic esters (lactones) is 1. The van der Waals surface area contributed by atoms with Gasteiger partial charge in [-0.2, -0.15) is 0 Å². The fourth-order valence-electron chi connectivity index (χ4n) is 5.14. The van der Waals surface area contributed by atoms with Crippen LogP contribution < -0.4 is 4.90 Å². The molecular formula is C34H36ClN3O2. The first-order valence-electron chi connectivity index (χ1n) is 13.7. The molecule has 0 radical (unpaired) electrons. The Balaban J connectivity index is 1.12. The highest BCUT2D eigenvalue weighted by molar-refractivity contribution is 6.30. The van der Waals surface area contributed by atoms with E-state index in [4.69, 9.17) is 16.3 Å². The number of hydrogen-bond donors (Lipinski definition) is 0. The SMILES string of the molecule is Cc1ccccc1N(C)CCN(C)Cc1ccc(-c2ccc(CN3C[C@@H](c4ccc(Cl)cc4)OC3=O)cc2)cc1. The Labute approximate surface area is 242 Å². The second kappa shape index (κ2) is 12.6. The molecule has 206 valence electrons. The maximum absolute atomic E-state index is 12.5. The molecule has 0 spiro atoms. The molecular weight excluding hydrogens is 518 g/mol. The van der Waals surface area contributed by atoms with Crippen molar-refractivity contribution in [3.63, 3.8) is 0 Å². The first kappa shape index (κ1) is 27.8. The van der Waals surface area contributed by atoms with Crippen LogP contribution in [0.4, 0.5) is 10.5 Å². The Morgan fingerprint density at radius 1 is 0.825 bits per heavy atom. The number of benzene rings is 4. The number of halogens is 1. The van der Waals surface area contributed by atoms with Crippen LogP contribution in [0, 0.1) is 6.92 Å². The van der Waals surface area contributed by atoms with E-state index >= 15 is 0 Å².